The standard InChI is InChI=1S/C24H30FNO3.CH2O2/c1-28-21-10-9-18(14-22(21)29-16-19-6-2-3-7-20(19)25)15-26-13-5-12-24(17-26)11-4-8-23(24)27;2-1-3/h2-3,6-7,9-10,14,23,27H,4-5,8,11-13,15-17H2,1H3;1H,(H,2,3)/t23-,24-;/m1./s1. The van der Waals surface area contributed by atoms with Gasteiger partial charge in [0.15, 0.2) is 11.5 Å². The number of piperidine rings is 1. The molecule has 1 aliphatic carbocycles. The molecule has 0 bridgehead atoms. The number of aliphatic hydroxyl groups is 1. The number of rotatable bonds is 6. The number of benzene rings is 2. The van der Waals surface area contributed by atoms with Crippen molar-refractivity contribution in [2.45, 2.75) is 51.4 Å². The molecular formula is C25H32FNO5. The third-order valence-corrected chi connectivity index (χ3v) is 6.52. The van der Waals surface area contributed by atoms with Gasteiger partial charge in [-0.1, -0.05) is 30.7 Å². The van der Waals surface area contributed by atoms with Crippen molar-refractivity contribution in [3.8, 4) is 11.5 Å². The van der Waals surface area contributed by atoms with Crippen LogP contribution in [0.15, 0.2) is 42.5 Å². The predicted octanol–water partition coefficient (Wildman–Crippen LogP) is 4.24. The summed E-state index contributed by atoms with van der Waals surface area (Å²) in [7, 11) is 1.61. The maximum atomic E-state index is 13.9. The van der Waals surface area contributed by atoms with Crippen molar-refractivity contribution < 1.29 is 28.9 Å². The van der Waals surface area contributed by atoms with Crippen LogP contribution in [-0.4, -0.2) is 47.9 Å². The van der Waals surface area contributed by atoms with E-state index in [1.807, 2.05) is 12.1 Å². The second-order valence-corrected chi connectivity index (χ2v) is 8.56. The molecule has 1 saturated heterocycles. The van der Waals surface area contributed by atoms with Gasteiger partial charge in [0.25, 0.3) is 6.47 Å². The van der Waals surface area contributed by atoms with Crippen LogP contribution in [0.1, 0.15) is 43.2 Å². The zero-order valence-electron chi connectivity index (χ0n) is 18.5. The Balaban J connectivity index is 0.000000913. The zero-order chi connectivity index (χ0) is 23.0. The molecule has 7 heteroatoms. The van der Waals surface area contributed by atoms with Gasteiger partial charge in [0.1, 0.15) is 12.4 Å². The van der Waals surface area contributed by atoms with Crippen LogP contribution in [0.5, 0.6) is 11.5 Å². The van der Waals surface area contributed by atoms with Crippen molar-refractivity contribution in [1.29, 1.82) is 0 Å². The number of carbonyl (C=O) groups is 1. The first kappa shape index (κ1) is 24.0. The fourth-order valence-corrected chi connectivity index (χ4v) is 4.95. The topological polar surface area (TPSA) is 79.2 Å². The largest absolute Gasteiger partial charge is 0.493 e. The van der Waals surface area contributed by atoms with Crippen LogP contribution in [0.25, 0.3) is 0 Å². The number of hydrogen-bond acceptors (Lipinski definition) is 5. The van der Waals surface area contributed by atoms with E-state index in [2.05, 4.69) is 11.0 Å². The maximum absolute atomic E-state index is 13.9. The Kier molecular flexibility index (Phi) is 8.47. The lowest BCUT2D eigenvalue weighted by atomic mass is 9.76. The third kappa shape index (κ3) is 5.78. The first-order valence-electron chi connectivity index (χ1n) is 11.0. The van der Waals surface area contributed by atoms with E-state index in [0.717, 1.165) is 57.3 Å². The summed E-state index contributed by atoms with van der Waals surface area (Å²) in [6, 6.07) is 12.6. The van der Waals surface area contributed by atoms with E-state index in [-0.39, 0.29) is 30.4 Å². The Morgan fingerprint density at radius 1 is 1.19 bits per heavy atom. The lowest BCUT2D eigenvalue weighted by Gasteiger charge is -2.42. The molecule has 1 heterocycles. The van der Waals surface area contributed by atoms with Crippen molar-refractivity contribution in [3.63, 3.8) is 0 Å². The molecule has 174 valence electrons. The third-order valence-electron chi connectivity index (χ3n) is 6.52. The van der Waals surface area contributed by atoms with Gasteiger partial charge in [0.2, 0.25) is 0 Å². The molecule has 2 aromatic carbocycles. The second kappa shape index (κ2) is 11.3. The van der Waals surface area contributed by atoms with Crippen LogP contribution in [0.4, 0.5) is 4.39 Å². The highest BCUT2D eigenvalue weighted by Gasteiger charge is 2.44. The molecule has 1 aliphatic heterocycles. The Bertz CT molecular complexity index is 892. The number of carboxylic acid groups (broad SMARTS) is 1. The van der Waals surface area contributed by atoms with Crippen molar-refractivity contribution in [1.82, 2.24) is 4.90 Å². The molecule has 0 aromatic heterocycles. The highest BCUT2D eigenvalue weighted by molar-refractivity contribution is 5.43. The predicted molar refractivity (Wildman–Crippen MR) is 119 cm³/mol. The molecule has 6 nitrogen and oxygen atoms in total. The number of halogens is 1. The Morgan fingerprint density at radius 3 is 2.62 bits per heavy atom. The van der Waals surface area contributed by atoms with E-state index < -0.39 is 0 Å². The van der Waals surface area contributed by atoms with Crippen LogP contribution in [0.3, 0.4) is 0 Å². The van der Waals surface area contributed by atoms with Gasteiger partial charge < -0.3 is 19.7 Å². The van der Waals surface area contributed by atoms with Gasteiger partial charge >= 0.3 is 0 Å². The van der Waals surface area contributed by atoms with Gasteiger partial charge in [-0.25, -0.2) is 4.39 Å². The average molecular weight is 446 g/mol. The SMILES string of the molecule is COc1ccc(CN2CCC[C@]3(CCC[C@H]3O)C2)cc1OCc1ccccc1F.O=CO. The molecular weight excluding hydrogens is 413 g/mol. The first-order chi connectivity index (χ1) is 15.5. The summed E-state index contributed by atoms with van der Waals surface area (Å²) in [4.78, 5) is 10.8. The highest BCUT2D eigenvalue weighted by atomic mass is 19.1. The van der Waals surface area contributed by atoms with Gasteiger partial charge in [-0.3, -0.25) is 9.69 Å². The maximum Gasteiger partial charge on any atom is 0.290 e. The normalized spacial score (nSPS) is 22.8. The van der Waals surface area contributed by atoms with E-state index in [0.29, 0.717) is 17.1 Å². The summed E-state index contributed by atoms with van der Waals surface area (Å²) in [6.07, 6.45) is 5.29. The molecule has 2 N–H and O–H groups in total. The first-order valence-corrected chi connectivity index (χ1v) is 11.0. The monoisotopic (exact) mass is 445 g/mol. The van der Waals surface area contributed by atoms with Crippen molar-refractivity contribution in [2.24, 2.45) is 5.41 Å². The molecule has 2 fully saturated rings. The second-order valence-electron chi connectivity index (χ2n) is 8.56. The zero-order valence-corrected chi connectivity index (χ0v) is 18.5. The summed E-state index contributed by atoms with van der Waals surface area (Å²) in [5.74, 6) is 1.00. The van der Waals surface area contributed by atoms with Gasteiger partial charge in [-0.15, -0.1) is 0 Å². The van der Waals surface area contributed by atoms with Crippen LogP contribution < -0.4 is 9.47 Å². The quantitative estimate of drug-likeness (QED) is 0.648. The van der Waals surface area contributed by atoms with E-state index in [1.165, 1.54) is 6.07 Å². The van der Waals surface area contributed by atoms with Crippen LogP contribution in [0.2, 0.25) is 0 Å². The minimum absolute atomic E-state index is 0.0783. The highest BCUT2D eigenvalue weighted by Crippen LogP contribution is 2.45. The minimum Gasteiger partial charge on any atom is -0.493 e. The number of methoxy groups -OCH3 is 1. The number of ether oxygens (including phenoxy) is 2. The summed E-state index contributed by atoms with van der Waals surface area (Å²) >= 11 is 0. The molecule has 2 atom stereocenters. The van der Waals surface area contributed by atoms with Crippen molar-refractivity contribution >= 4 is 6.47 Å². The molecule has 0 unspecified atom stereocenters. The van der Waals surface area contributed by atoms with Crippen LogP contribution in [0, 0.1) is 11.2 Å². The van der Waals surface area contributed by atoms with Crippen LogP contribution >= 0.6 is 0 Å². The van der Waals surface area contributed by atoms with E-state index >= 15 is 0 Å². The smallest absolute Gasteiger partial charge is 0.290 e. The lowest BCUT2D eigenvalue weighted by Crippen LogP contribution is -2.46. The van der Waals surface area contributed by atoms with Gasteiger partial charge in [0.05, 0.1) is 13.2 Å². The summed E-state index contributed by atoms with van der Waals surface area (Å²) < 4.78 is 25.2. The van der Waals surface area contributed by atoms with Crippen molar-refractivity contribution in [2.75, 3.05) is 20.2 Å². The van der Waals surface area contributed by atoms with Crippen LogP contribution in [-0.2, 0) is 17.9 Å². The Labute approximate surface area is 188 Å². The molecule has 1 spiro atoms. The van der Waals surface area contributed by atoms with Gasteiger partial charge in [-0.05, 0) is 56.0 Å². The summed E-state index contributed by atoms with van der Waals surface area (Å²) in [5, 5.41) is 17.4. The molecule has 1 saturated carbocycles. The van der Waals surface area contributed by atoms with Gasteiger partial charge in [0, 0.05) is 24.1 Å². The van der Waals surface area contributed by atoms with E-state index in [1.54, 1.807) is 25.3 Å². The summed E-state index contributed by atoms with van der Waals surface area (Å²) in [6.45, 7) is 2.72. The molecule has 2 aliphatic rings. The Hall–Kier alpha value is -2.64. The number of likely N-dealkylation sites (tertiary alicyclic amines) is 1. The molecule has 2 aromatic rings. The Morgan fingerprint density at radius 2 is 1.94 bits per heavy atom. The van der Waals surface area contributed by atoms with Crippen molar-refractivity contribution in [3.05, 3.63) is 59.4 Å². The molecule has 32 heavy (non-hydrogen) atoms. The fourth-order valence-electron chi connectivity index (χ4n) is 4.95. The minimum atomic E-state index is -0.267. The molecule has 4 rings (SSSR count). The number of aliphatic hydroxyl groups excluding tert-OH is 1. The number of hydrogen-bond donors (Lipinski definition) is 2. The number of nitrogens with zero attached hydrogens (tertiary/aromatic N) is 1. The van der Waals surface area contributed by atoms with E-state index in [4.69, 9.17) is 19.4 Å². The van der Waals surface area contributed by atoms with Gasteiger partial charge in [-0.2, -0.15) is 0 Å². The molecule has 0 radical (unpaired) electrons. The lowest BCUT2D eigenvalue weighted by molar-refractivity contribution is -0.122. The summed E-state index contributed by atoms with van der Waals surface area (Å²) in [5.41, 5.74) is 1.74. The average Bonchev–Trinajstić information content (AvgIpc) is 3.13. The molecule has 0 amide bonds. The van der Waals surface area contributed by atoms with E-state index in [9.17, 15) is 9.50 Å². The fraction of sp³-hybridized carbons (Fsp3) is 0.480.